The van der Waals surface area contributed by atoms with Gasteiger partial charge >= 0.3 is 0 Å². The van der Waals surface area contributed by atoms with Gasteiger partial charge < -0.3 is 10.2 Å². The second-order valence-electron chi connectivity index (χ2n) is 7.22. The Morgan fingerprint density at radius 1 is 1.25 bits per heavy atom. The average molecular weight is 398 g/mol. The van der Waals surface area contributed by atoms with E-state index in [4.69, 9.17) is 0 Å². The summed E-state index contributed by atoms with van der Waals surface area (Å²) in [6.45, 7) is 5.30. The van der Waals surface area contributed by atoms with E-state index in [1.165, 1.54) is 21.9 Å². The fourth-order valence-electron chi connectivity index (χ4n) is 3.53. The summed E-state index contributed by atoms with van der Waals surface area (Å²) < 4.78 is 1.35. The van der Waals surface area contributed by atoms with E-state index in [0.717, 1.165) is 36.6 Å². The second kappa shape index (κ2) is 7.71. The number of piperidine rings is 1. The monoisotopic (exact) mass is 397 g/mol. The van der Waals surface area contributed by atoms with Gasteiger partial charge in [0, 0.05) is 30.8 Å². The summed E-state index contributed by atoms with van der Waals surface area (Å²) >= 11 is 1.42. The minimum absolute atomic E-state index is 0.000109. The lowest BCUT2D eigenvalue weighted by Crippen LogP contribution is -2.41. The fraction of sp³-hybridized carbons (Fsp3) is 0.400. The average Bonchev–Trinajstić information content (AvgIpc) is 3.13. The highest BCUT2D eigenvalue weighted by Gasteiger charge is 2.27. The molecule has 1 aliphatic rings. The summed E-state index contributed by atoms with van der Waals surface area (Å²) in [5, 5.41) is 8.33. The van der Waals surface area contributed by atoms with E-state index >= 15 is 0 Å². The Balaban J connectivity index is 1.38. The highest BCUT2D eigenvalue weighted by molar-refractivity contribution is 7.20. The highest BCUT2D eigenvalue weighted by Crippen LogP contribution is 2.27. The first-order valence-electron chi connectivity index (χ1n) is 9.49. The number of amides is 1. The van der Waals surface area contributed by atoms with Gasteiger partial charge in [-0.2, -0.15) is 4.52 Å². The zero-order valence-corrected chi connectivity index (χ0v) is 16.8. The first-order valence-corrected chi connectivity index (χ1v) is 10.3. The molecule has 28 heavy (non-hydrogen) atoms. The molecule has 0 saturated carbocycles. The molecule has 1 atom stereocenters. The largest absolute Gasteiger partial charge is 0.349 e. The highest BCUT2D eigenvalue weighted by atomic mass is 32.1. The van der Waals surface area contributed by atoms with Crippen LogP contribution in [0.5, 0.6) is 0 Å². The van der Waals surface area contributed by atoms with Gasteiger partial charge in [-0.05, 0) is 32.3 Å². The summed E-state index contributed by atoms with van der Waals surface area (Å²) in [5.74, 6) is 0.105. The minimum Gasteiger partial charge on any atom is -0.349 e. The lowest BCUT2D eigenvalue weighted by Gasteiger charge is -2.31. The number of aryl methyl sites for hydroxylation is 1. The number of benzene rings is 1. The molecule has 7 nitrogen and oxygen atoms in total. The number of anilines is 1. The second-order valence-corrected chi connectivity index (χ2v) is 8.15. The summed E-state index contributed by atoms with van der Waals surface area (Å²) in [6.07, 6.45) is 1.54. The van der Waals surface area contributed by atoms with E-state index in [-0.39, 0.29) is 23.4 Å². The van der Waals surface area contributed by atoms with Crippen LogP contribution in [-0.2, 0) is 4.79 Å². The predicted octanol–water partition coefficient (Wildman–Crippen LogP) is 2.55. The van der Waals surface area contributed by atoms with Crippen LogP contribution in [0.1, 0.15) is 37.1 Å². The normalized spacial score (nSPS) is 16.3. The maximum Gasteiger partial charge on any atom is 0.275 e. The third-order valence-corrected chi connectivity index (χ3v) is 6.13. The number of fused-ring (bicyclic) bond motifs is 1. The topological polar surface area (TPSA) is 79.6 Å². The Morgan fingerprint density at radius 2 is 1.96 bits per heavy atom. The molecule has 1 fully saturated rings. The van der Waals surface area contributed by atoms with Crippen LogP contribution >= 0.6 is 11.3 Å². The number of nitrogens with zero attached hydrogens (tertiary/aromatic N) is 4. The Hall–Kier alpha value is -2.74. The van der Waals surface area contributed by atoms with Crippen LogP contribution in [0, 0.1) is 12.8 Å². The van der Waals surface area contributed by atoms with Crippen LogP contribution in [0.25, 0.3) is 4.96 Å². The van der Waals surface area contributed by atoms with Crippen molar-refractivity contribution >= 4 is 27.3 Å². The first kappa shape index (κ1) is 18.6. The van der Waals surface area contributed by atoms with Crippen LogP contribution in [0.4, 0.5) is 5.13 Å². The summed E-state index contributed by atoms with van der Waals surface area (Å²) in [4.78, 5) is 31.8. The molecular formula is C20H23N5O2S. The van der Waals surface area contributed by atoms with Crippen LogP contribution in [0.3, 0.4) is 0 Å². The Kier molecular flexibility index (Phi) is 5.13. The number of hydrogen-bond donors (Lipinski definition) is 1. The molecule has 1 saturated heterocycles. The molecule has 1 N–H and O–H groups in total. The molecule has 146 valence electrons. The lowest BCUT2D eigenvalue weighted by molar-refractivity contribution is -0.126. The Bertz CT molecular complexity index is 1040. The van der Waals surface area contributed by atoms with E-state index < -0.39 is 0 Å². The quantitative estimate of drug-likeness (QED) is 0.732. The van der Waals surface area contributed by atoms with Crippen molar-refractivity contribution in [1.82, 2.24) is 19.9 Å². The predicted molar refractivity (Wildman–Crippen MR) is 110 cm³/mol. The number of carbonyl (C=O) groups excluding carboxylic acids is 1. The number of hydrogen-bond acceptors (Lipinski definition) is 6. The zero-order chi connectivity index (χ0) is 19.7. The van der Waals surface area contributed by atoms with Gasteiger partial charge in [0.15, 0.2) is 0 Å². The number of carbonyl (C=O) groups is 1. The molecule has 0 aliphatic carbocycles. The van der Waals surface area contributed by atoms with Gasteiger partial charge in [-0.1, -0.05) is 41.7 Å². The van der Waals surface area contributed by atoms with Gasteiger partial charge in [0.25, 0.3) is 5.56 Å². The maximum atomic E-state index is 12.6. The Labute approximate surface area is 167 Å². The maximum absolute atomic E-state index is 12.6. The van der Waals surface area contributed by atoms with Crippen molar-refractivity contribution in [3.63, 3.8) is 0 Å². The Morgan fingerprint density at radius 3 is 2.68 bits per heavy atom. The van der Waals surface area contributed by atoms with E-state index in [0.29, 0.717) is 10.7 Å². The van der Waals surface area contributed by atoms with Crippen molar-refractivity contribution in [2.24, 2.45) is 5.92 Å². The SMILES string of the molecule is Cc1cc(=O)n2nc(N3CCC(C(=O)N[C@H](C)c4ccccc4)CC3)sc2n1. The summed E-state index contributed by atoms with van der Waals surface area (Å²) in [7, 11) is 0. The third kappa shape index (κ3) is 3.77. The van der Waals surface area contributed by atoms with Gasteiger partial charge in [-0.25, -0.2) is 4.98 Å². The third-order valence-electron chi connectivity index (χ3n) is 5.16. The summed E-state index contributed by atoms with van der Waals surface area (Å²) in [6, 6.07) is 11.5. The molecule has 1 aromatic carbocycles. The van der Waals surface area contributed by atoms with Crippen molar-refractivity contribution in [3.05, 3.63) is 58.0 Å². The molecule has 0 spiro atoms. The molecule has 1 aliphatic heterocycles. The molecule has 3 aromatic rings. The van der Waals surface area contributed by atoms with Gasteiger partial charge in [-0.3, -0.25) is 9.59 Å². The fourth-order valence-corrected chi connectivity index (χ4v) is 4.53. The molecule has 2 aromatic heterocycles. The smallest absolute Gasteiger partial charge is 0.275 e. The zero-order valence-electron chi connectivity index (χ0n) is 16.0. The van der Waals surface area contributed by atoms with Crippen molar-refractivity contribution in [2.45, 2.75) is 32.7 Å². The van der Waals surface area contributed by atoms with Crippen molar-refractivity contribution in [1.29, 1.82) is 0 Å². The van der Waals surface area contributed by atoms with Crippen molar-refractivity contribution in [3.8, 4) is 0 Å². The van der Waals surface area contributed by atoms with Gasteiger partial charge in [0.1, 0.15) is 0 Å². The standard InChI is InChI=1S/C20H23N5O2S/c1-13-12-17(26)25-19(21-13)28-20(23-25)24-10-8-16(9-11-24)18(27)22-14(2)15-6-4-3-5-7-15/h3-7,12,14,16H,8-11H2,1-2H3,(H,22,27)/t14-/m1/s1. The van der Waals surface area contributed by atoms with E-state index in [9.17, 15) is 9.59 Å². The minimum atomic E-state index is -0.158. The van der Waals surface area contributed by atoms with Gasteiger partial charge in [0.2, 0.25) is 16.0 Å². The molecule has 0 unspecified atom stereocenters. The molecular weight excluding hydrogens is 374 g/mol. The molecule has 0 bridgehead atoms. The molecule has 4 rings (SSSR count). The number of nitrogens with one attached hydrogen (secondary N) is 1. The summed E-state index contributed by atoms with van der Waals surface area (Å²) in [5.41, 5.74) is 1.65. The van der Waals surface area contributed by atoms with Crippen LogP contribution in [-0.4, -0.2) is 33.6 Å². The lowest BCUT2D eigenvalue weighted by atomic mass is 9.95. The van der Waals surface area contributed by atoms with Gasteiger partial charge in [-0.15, -0.1) is 5.10 Å². The van der Waals surface area contributed by atoms with Gasteiger partial charge in [0.05, 0.1) is 6.04 Å². The molecule has 0 radical (unpaired) electrons. The van der Waals surface area contributed by atoms with Crippen LogP contribution in [0.15, 0.2) is 41.2 Å². The van der Waals surface area contributed by atoms with E-state index in [1.54, 1.807) is 6.92 Å². The number of aromatic nitrogens is 3. The first-order chi connectivity index (χ1) is 13.5. The van der Waals surface area contributed by atoms with Crippen LogP contribution < -0.4 is 15.8 Å². The molecule has 1 amide bonds. The van der Waals surface area contributed by atoms with Crippen molar-refractivity contribution < 1.29 is 4.79 Å². The molecule has 8 heteroatoms. The van der Waals surface area contributed by atoms with Crippen LogP contribution in [0.2, 0.25) is 0 Å². The number of rotatable bonds is 4. The molecule has 3 heterocycles. The van der Waals surface area contributed by atoms with Crippen molar-refractivity contribution in [2.75, 3.05) is 18.0 Å². The van der Waals surface area contributed by atoms with E-state index in [2.05, 4.69) is 20.3 Å². The van der Waals surface area contributed by atoms with E-state index in [1.807, 2.05) is 37.3 Å².